The van der Waals surface area contributed by atoms with Gasteiger partial charge < -0.3 is 10.1 Å². The number of nitrogens with zero attached hydrogens (tertiary/aromatic N) is 4. The molecule has 3 rings (SSSR count). The van der Waals surface area contributed by atoms with E-state index in [1.807, 2.05) is 49.6 Å². The topological polar surface area (TPSA) is 81.9 Å². The van der Waals surface area contributed by atoms with E-state index in [2.05, 4.69) is 20.8 Å². The quantitative estimate of drug-likeness (QED) is 0.744. The highest BCUT2D eigenvalue weighted by Gasteiger charge is 2.18. The minimum Gasteiger partial charge on any atom is -0.494 e. The van der Waals surface area contributed by atoms with E-state index in [1.54, 1.807) is 0 Å². The lowest BCUT2D eigenvalue weighted by molar-refractivity contribution is 0.0943. The molecule has 0 bridgehead atoms. The van der Waals surface area contributed by atoms with Gasteiger partial charge in [-0.3, -0.25) is 4.79 Å². The third-order valence-corrected chi connectivity index (χ3v) is 4.37. The van der Waals surface area contributed by atoms with Gasteiger partial charge in [0, 0.05) is 0 Å². The number of hydrogen-bond donors (Lipinski definition) is 1. The Morgan fingerprint density at radius 2 is 2.29 bits per heavy atom. The highest BCUT2D eigenvalue weighted by atomic mass is 32.1. The van der Waals surface area contributed by atoms with Gasteiger partial charge in [0.15, 0.2) is 0 Å². The molecule has 1 N–H and O–H groups in total. The van der Waals surface area contributed by atoms with Crippen LogP contribution < -0.4 is 10.1 Å². The maximum absolute atomic E-state index is 12.6. The first kappa shape index (κ1) is 16.1. The van der Waals surface area contributed by atoms with Gasteiger partial charge >= 0.3 is 0 Å². The van der Waals surface area contributed by atoms with E-state index in [0.29, 0.717) is 17.2 Å². The number of amides is 1. The van der Waals surface area contributed by atoms with Crippen molar-refractivity contribution < 1.29 is 9.53 Å². The zero-order valence-electron chi connectivity index (χ0n) is 13.3. The van der Waals surface area contributed by atoms with Crippen LogP contribution in [0.25, 0.3) is 5.69 Å². The first-order valence-electron chi connectivity index (χ1n) is 7.53. The first-order valence-corrected chi connectivity index (χ1v) is 8.41. The zero-order chi connectivity index (χ0) is 16.9. The molecule has 0 aliphatic heterocycles. The van der Waals surface area contributed by atoms with Gasteiger partial charge in [-0.2, -0.15) is 4.68 Å². The maximum Gasteiger partial charge on any atom is 0.264 e. The normalized spacial score (nSPS) is 11.9. The number of tetrazole rings is 1. The Morgan fingerprint density at radius 3 is 3.04 bits per heavy atom. The fraction of sp³-hybridized carbons (Fsp3) is 0.250. The molecule has 7 nitrogen and oxygen atoms in total. The Hall–Kier alpha value is -2.74. The van der Waals surface area contributed by atoms with Crippen LogP contribution in [0.1, 0.15) is 35.1 Å². The van der Waals surface area contributed by atoms with Crippen LogP contribution in [0.2, 0.25) is 0 Å². The molecule has 0 aliphatic rings. The number of benzene rings is 1. The van der Waals surface area contributed by atoms with Gasteiger partial charge in [0.1, 0.15) is 17.0 Å². The molecule has 0 spiro atoms. The molecule has 2 aromatic heterocycles. The molecular formula is C16H17N5O2S. The third-order valence-electron chi connectivity index (χ3n) is 3.46. The van der Waals surface area contributed by atoms with Crippen molar-refractivity contribution in [2.24, 2.45) is 0 Å². The second-order valence-electron chi connectivity index (χ2n) is 5.09. The lowest BCUT2D eigenvalue weighted by atomic mass is 10.1. The smallest absolute Gasteiger partial charge is 0.264 e. The predicted molar refractivity (Wildman–Crippen MR) is 90.5 cm³/mol. The van der Waals surface area contributed by atoms with E-state index in [4.69, 9.17) is 4.74 Å². The maximum atomic E-state index is 12.6. The molecule has 0 saturated carbocycles. The standard InChI is InChI=1S/C16H17N5O2S/c1-3-23-13-6-4-5-12(9-13)11(2)18-16(22)15-14(7-8-24-15)21-10-17-19-20-21/h4-11H,3H2,1-2H3,(H,18,22)/t11-/m1/s1. The van der Waals surface area contributed by atoms with Gasteiger partial charge in [-0.05, 0) is 53.4 Å². The van der Waals surface area contributed by atoms with E-state index < -0.39 is 0 Å². The van der Waals surface area contributed by atoms with E-state index in [9.17, 15) is 4.79 Å². The molecule has 24 heavy (non-hydrogen) atoms. The highest BCUT2D eigenvalue weighted by molar-refractivity contribution is 7.12. The summed E-state index contributed by atoms with van der Waals surface area (Å²) in [4.78, 5) is 13.2. The lowest BCUT2D eigenvalue weighted by Gasteiger charge is -2.15. The molecule has 0 radical (unpaired) electrons. The van der Waals surface area contributed by atoms with E-state index in [0.717, 1.165) is 11.3 Å². The summed E-state index contributed by atoms with van der Waals surface area (Å²) < 4.78 is 6.98. The molecule has 0 saturated heterocycles. The molecule has 1 atom stereocenters. The fourth-order valence-corrected chi connectivity index (χ4v) is 3.09. The Kier molecular flexibility index (Phi) is 4.85. The molecule has 124 valence electrons. The summed E-state index contributed by atoms with van der Waals surface area (Å²) in [5.74, 6) is 0.631. The fourth-order valence-electron chi connectivity index (χ4n) is 2.31. The number of carbonyl (C=O) groups excluding carboxylic acids is 1. The Balaban J connectivity index is 1.76. The molecule has 0 fully saturated rings. The van der Waals surface area contributed by atoms with Crippen molar-refractivity contribution in [3.05, 3.63) is 52.5 Å². The average Bonchev–Trinajstić information content (AvgIpc) is 3.26. The van der Waals surface area contributed by atoms with Crippen LogP contribution >= 0.6 is 11.3 Å². The van der Waals surface area contributed by atoms with Crippen LogP contribution in [0.3, 0.4) is 0 Å². The summed E-state index contributed by atoms with van der Waals surface area (Å²) in [7, 11) is 0. The summed E-state index contributed by atoms with van der Waals surface area (Å²) in [6.07, 6.45) is 1.47. The number of rotatable bonds is 6. The number of thiophene rings is 1. The van der Waals surface area contributed by atoms with Gasteiger partial charge in [-0.25, -0.2) is 0 Å². The molecule has 0 unspecified atom stereocenters. The Bertz CT molecular complexity index is 816. The highest BCUT2D eigenvalue weighted by Crippen LogP contribution is 2.23. The van der Waals surface area contributed by atoms with Gasteiger partial charge in [-0.15, -0.1) is 16.4 Å². The number of carbonyl (C=O) groups is 1. The average molecular weight is 343 g/mol. The second-order valence-corrected chi connectivity index (χ2v) is 6.01. The van der Waals surface area contributed by atoms with Gasteiger partial charge in [0.2, 0.25) is 0 Å². The van der Waals surface area contributed by atoms with Crippen LogP contribution in [0.15, 0.2) is 42.0 Å². The monoisotopic (exact) mass is 343 g/mol. The largest absolute Gasteiger partial charge is 0.494 e. The van der Waals surface area contributed by atoms with Crippen molar-refractivity contribution in [2.45, 2.75) is 19.9 Å². The number of hydrogen-bond acceptors (Lipinski definition) is 6. The number of aromatic nitrogens is 4. The minimum atomic E-state index is -0.162. The van der Waals surface area contributed by atoms with Crippen LogP contribution in [-0.4, -0.2) is 32.7 Å². The van der Waals surface area contributed by atoms with Crippen molar-refractivity contribution in [3.63, 3.8) is 0 Å². The van der Waals surface area contributed by atoms with Gasteiger partial charge in [0.25, 0.3) is 5.91 Å². The minimum absolute atomic E-state index is 0.151. The van der Waals surface area contributed by atoms with Crippen LogP contribution in [0, 0.1) is 0 Å². The summed E-state index contributed by atoms with van der Waals surface area (Å²) in [5.41, 5.74) is 1.65. The number of ether oxygens (including phenoxy) is 1. The lowest BCUT2D eigenvalue weighted by Crippen LogP contribution is -2.26. The summed E-state index contributed by atoms with van der Waals surface area (Å²) in [6.45, 7) is 4.48. The molecule has 1 amide bonds. The summed E-state index contributed by atoms with van der Waals surface area (Å²) in [6, 6.07) is 9.38. The molecule has 0 aliphatic carbocycles. The Labute approximate surface area is 143 Å². The van der Waals surface area contributed by atoms with E-state index in [1.165, 1.54) is 22.3 Å². The van der Waals surface area contributed by atoms with Crippen LogP contribution in [-0.2, 0) is 0 Å². The SMILES string of the molecule is CCOc1cccc([C@@H](C)NC(=O)c2sccc2-n2cnnn2)c1. The molecule has 1 aromatic carbocycles. The summed E-state index contributed by atoms with van der Waals surface area (Å²) in [5, 5.41) is 15.9. The van der Waals surface area contributed by atoms with Crippen LogP contribution in [0.5, 0.6) is 5.75 Å². The van der Waals surface area contributed by atoms with Crippen molar-refractivity contribution >= 4 is 17.2 Å². The summed E-state index contributed by atoms with van der Waals surface area (Å²) >= 11 is 1.35. The molecule has 2 heterocycles. The zero-order valence-corrected chi connectivity index (χ0v) is 14.2. The molecule has 3 aromatic rings. The molecule has 8 heteroatoms. The van der Waals surface area contributed by atoms with Gasteiger partial charge in [-0.1, -0.05) is 12.1 Å². The van der Waals surface area contributed by atoms with Crippen molar-refractivity contribution in [1.82, 2.24) is 25.5 Å². The van der Waals surface area contributed by atoms with Crippen molar-refractivity contribution in [2.75, 3.05) is 6.61 Å². The number of nitrogens with one attached hydrogen (secondary N) is 1. The van der Waals surface area contributed by atoms with Crippen molar-refractivity contribution in [1.29, 1.82) is 0 Å². The first-order chi connectivity index (χ1) is 11.7. The van der Waals surface area contributed by atoms with Crippen LogP contribution in [0.4, 0.5) is 0 Å². The predicted octanol–water partition coefficient (Wildman–Crippen LogP) is 2.61. The van der Waals surface area contributed by atoms with Crippen molar-refractivity contribution in [3.8, 4) is 11.4 Å². The second kappa shape index (κ2) is 7.22. The molecular weight excluding hydrogens is 326 g/mol. The van der Waals surface area contributed by atoms with Gasteiger partial charge in [0.05, 0.1) is 18.3 Å². The Morgan fingerprint density at radius 1 is 1.42 bits per heavy atom. The van der Waals surface area contributed by atoms with E-state index in [-0.39, 0.29) is 11.9 Å². The van der Waals surface area contributed by atoms with E-state index >= 15 is 0 Å². The third kappa shape index (κ3) is 3.43.